The number of hydrogen-bond donors (Lipinski definition) is 0. The van der Waals surface area contributed by atoms with E-state index >= 15 is 0 Å². The van der Waals surface area contributed by atoms with Gasteiger partial charge in [-0.2, -0.15) is 21.0 Å². The van der Waals surface area contributed by atoms with Crippen molar-refractivity contribution in [2.45, 2.75) is 0 Å². The van der Waals surface area contributed by atoms with E-state index in [1.165, 1.54) is 43.1 Å². The molecule has 0 unspecified atom stereocenters. The van der Waals surface area contributed by atoms with E-state index < -0.39 is 0 Å². The lowest BCUT2D eigenvalue weighted by Gasteiger charge is -2.16. The molecule has 20 aromatic carbocycles. The third kappa shape index (κ3) is 12.6. The van der Waals surface area contributed by atoms with Gasteiger partial charge in [0.15, 0.2) is 0 Å². The zero-order chi connectivity index (χ0) is 90.6. The SMILES string of the molecule is N#Cc1ccc(-c2cccc3oc4ccccc4c23)c(-n2c3ccccc3c3ccccc32)c1.N#Cc1ccc(-n2c3ccccc3c3ccccc32)c(-c2cccc3oc4ccccc4c23)c1.N#Cc1cccc(-c2cccc3oc4ccccc4c23)c1-n1c2ccccc2c2ccccc21.N#Cc1cccc(-n2c3ccccc3c3ccccc32)c1-c1cccc2oc3ccccc3c12. The number of aromatic nitrogens is 4. The molecule has 0 aliphatic rings. The van der Waals surface area contributed by atoms with E-state index in [1.807, 2.05) is 170 Å². The average molecular weight is 1740 g/mol. The summed E-state index contributed by atoms with van der Waals surface area (Å²) < 4.78 is 33.8. The van der Waals surface area contributed by atoms with E-state index in [1.54, 1.807) is 0 Å². The van der Waals surface area contributed by atoms with Gasteiger partial charge < -0.3 is 35.9 Å². The molecule has 0 saturated carbocycles. The maximum atomic E-state index is 10.2. The van der Waals surface area contributed by atoms with Gasteiger partial charge in [-0.05, 0) is 168 Å². The Morgan fingerprint density at radius 2 is 0.441 bits per heavy atom. The van der Waals surface area contributed by atoms with Crippen molar-refractivity contribution in [3.63, 3.8) is 0 Å². The Hall–Kier alpha value is -19.2. The fraction of sp³-hybridized carbons (Fsp3) is 0. The largest absolute Gasteiger partial charge is 0.456 e. The summed E-state index contributed by atoms with van der Waals surface area (Å²) in [5.41, 5.74) is 30.3. The molecular weight excluding hydrogens is 1670 g/mol. The molecule has 0 fully saturated rings. The molecule has 0 saturated heterocycles. The second-order valence-electron chi connectivity index (χ2n) is 33.9. The second kappa shape index (κ2) is 32.4. The number of benzene rings is 20. The van der Waals surface area contributed by atoms with Gasteiger partial charge in [0, 0.05) is 108 Å². The third-order valence-electron chi connectivity index (χ3n) is 26.6. The number of hydrogen-bond acceptors (Lipinski definition) is 8. The van der Waals surface area contributed by atoms with E-state index in [0.29, 0.717) is 22.3 Å². The van der Waals surface area contributed by atoms with Gasteiger partial charge in [-0.25, -0.2) is 0 Å². The molecule has 8 heterocycles. The standard InChI is InChI=1S/4C31H18N2O/c32-19-20-9-7-14-24(23-13-8-18-29-30(23)25-12-3-6-17-28(25)34-29)31(20)33-26-15-4-1-10-21(26)22-11-2-5-16-27(22)33;32-19-20-9-7-16-27(33-25-14-4-1-10-21(25)22-11-2-5-15-26(22)33)30(20)24-13-8-18-29-31(24)23-12-3-6-17-28(23)34-29;32-19-20-16-17-23(24-11-7-15-30-31(24)25-10-3-6-14-29(25)34-30)28(18-20)33-26-12-4-1-8-21(26)22-9-2-5-13-27(22)33;32-19-20-16-17-28(33-26-12-4-1-8-21(26)22-9-2-5-13-27(22)33)25(18-20)23-11-7-15-30-31(23)24-10-3-6-14-29(24)34-30/h4*1-18H. The molecule has 0 aliphatic heterocycles. The van der Waals surface area contributed by atoms with Crippen LogP contribution in [0.25, 0.3) is 242 Å². The van der Waals surface area contributed by atoms with Crippen LogP contribution in [0.4, 0.5) is 0 Å². The molecule has 0 amide bonds. The minimum atomic E-state index is 0.629. The fourth-order valence-electron chi connectivity index (χ4n) is 20.9. The Morgan fingerprint density at radius 1 is 0.169 bits per heavy atom. The van der Waals surface area contributed by atoms with Crippen LogP contribution in [0.1, 0.15) is 22.3 Å². The van der Waals surface area contributed by atoms with Crippen molar-refractivity contribution in [2.24, 2.45) is 0 Å². The third-order valence-corrected chi connectivity index (χ3v) is 26.6. The number of fused-ring (bicyclic) bond motifs is 24. The highest BCUT2D eigenvalue weighted by molar-refractivity contribution is 6.21. The van der Waals surface area contributed by atoms with Gasteiger partial charge in [-0.3, -0.25) is 0 Å². The highest BCUT2D eigenvalue weighted by atomic mass is 16.3. The lowest BCUT2D eigenvalue weighted by molar-refractivity contribution is 0.668. The van der Waals surface area contributed by atoms with Crippen LogP contribution in [0.2, 0.25) is 0 Å². The van der Waals surface area contributed by atoms with Crippen molar-refractivity contribution < 1.29 is 17.7 Å². The Bertz CT molecular complexity index is 9570. The monoisotopic (exact) mass is 1740 g/mol. The molecular formula is C124H72N8O4. The normalized spacial score (nSPS) is 11.5. The second-order valence-corrected chi connectivity index (χ2v) is 33.9. The molecule has 0 aliphatic carbocycles. The minimum absolute atomic E-state index is 0.629. The van der Waals surface area contributed by atoms with Gasteiger partial charge in [-0.1, -0.05) is 291 Å². The molecule has 0 spiro atoms. The molecule has 28 rings (SSSR count). The Labute approximate surface area is 777 Å². The van der Waals surface area contributed by atoms with Crippen LogP contribution in [-0.2, 0) is 0 Å². The zero-order valence-electron chi connectivity index (χ0n) is 72.8. The molecule has 632 valence electrons. The highest BCUT2D eigenvalue weighted by Gasteiger charge is 2.28. The summed E-state index contributed by atoms with van der Waals surface area (Å²) in [5, 5.41) is 57.9. The van der Waals surface area contributed by atoms with E-state index in [4.69, 9.17) is 17.7 Å². The fourth-order valence-corrected chi connectivity index (χ4v) is 20.9. The number of para-hydroxylation sites is 13. The molecule has 0 bridgehead atoms. The van der Waals surface area contributed by atoms with Crippen molar-refractivity contribution >= 4 is 175 Å². The maximum Gasteiger partial charge on any atom is 0.136 e. The van der Waals surface area contributed by atoms with Gasteiger partial charge in [0.25, 0.3) is 0 Å². The number of rotatable bonds is 8. The molecule has 12 nitrogen and oxygen atoms in total. The number of furan rings is 4. The van der Waals surface area contributed by atoms with Crippen molar-refractivity contribution in [3.05, 3.63) is 459 Å². The Morgan fingerprint density at radius 3 is 0.824 bits per heavy atom. The van der Waals surface area contributed by atoms with E-state index in [9.17, 15) is 21.0 Å². The van der Waals surface area contributed by atoms with E-state index in [0.717, 1.165) is 199 Å². The number of nitriles is 4. The first-order valence-electron chi connectivity index (χ1n) is 45.1. The summed E-state index contributed by atoms with van der Waals surface area (Å²) in [6.45, 7) is 0. The first kappa shape index (κ1) is 79.0. The van der Waals surface area contributed by atoms with Crippen LogP contribution in [0, 0.1) is 45.3 Å². The molecule has 0 N–H and O–H groups in total. The van der Waals surface area contributed by atoms with Crippen molar-refractivity contribution in [1.82, 2.24) is 18.3 Å². The van der Waals surface area contributed by atoms with E-state index in [2.05, 4.69) is 309 Å². The molecule has 0 atom stereocenters. The predicted octanol–water partition coefficient (Wildman–Crippen LogP) is 32.9. The van der Waals surface area contributed by atoms with Crippen molar-refractivity contribution in [2.75, 3.05) is 0 Å². The van der Waals surface area contributed by atoms with Crippen LogP contribution >= 0.6 is 0 Å². The first-order chi connectivity index (χ1) is 67.4. The quantitative estimate of drug-likeness (QED) is 0.145. The molecule has 136 heavy (non-hydrogen) atoms. The van der Waals surface area contributed by atoms with Gasteiger partial charge in [0.1, 0.15) is 50.7 Å². The van der Waals surface area contributed by atoms with Crippen molar-refractivity contribution in [3.8, 4) is 91.5 Å². The van der Waals surface area contributed by atoms with Gasteiger partial charge >= 0.3 is 0 Å². The summed E-state index contributed by atoms with van der Waals surface area (Å²) in [6, 6.07) is 158. The van der Waals surface area contributed by atoms with Gasteiger partial charge in [0.2, 0.25) is 0 Å². The summed E-state index contributed by atoms with van der Waals surface area (Å²) in [6.07, 6.45) is 0. The number of nitrogens with zero attached hydrogens (tertiary/aromatic N) is 8. The Kier molecular flexibility index (Phi) is 18.8. The van der Waals surface area contributed by atoms with Crippen LogP contribution in [-0.4, -0.2) is 18.3 Å². The Balaban J connectivity index is 0.0000000965. The smallest absolute Gasteiger partial charge is 0.136 e. The lowest BCUT2D eigenvalue weighted by atomic mass is 9.94. The molecule has 0 radical (unpaired) electrons. The minimum Gasteiger partial charge on any atom is -0.456 e. The summed E-state index contributed by atoms with van der Waals surface area (Å²) in [7, 11) is 0. The lowest BCUT2D eigenvalue weighted by Crippen LogP contribution is -2.01. The summed E-state index contributed by atoms with van der Waals surface area (Å²) >= 11 is 0. The maximum absolute atomic E-state index is 10.2. The van der Waals surface area contributed by atoms with Gasteiger partial charge in [0.05, 0.1) is 107 Å². The summed E-state index contributed by atoms with van der Waals surface area (Å²) in [4.78, 5) is 0. The zero-order valence-corrected chi connectivity index (χ0v) is 72.8. The molecule has 28 aromatic rings. The topological polar surface area (TPSA) is 167 Å². The molecule has 12 heteroatoms. The first-order valence-corrected chi connectivity index (χ1v) is 45.1. The molecule has 8 aromatic heterocycles. The van der Waals surface area contributed by atoms with Crippen molar-refractivity contribution in [1.29, 1.82) is 21.0 Å². The summed E-state index contributed by atoms with van der Waals surface area (Å²) in [5.74, 6) is 0. The van der Waals surface area contributed by atoms with Crippen LogP contribution < -0.4 is 0 Å². The van der Waals surface area contributed by atoms with Crippen LogP contribution in [0.15, 0.2) is 454 Å². The van der Waals surface area contributed by atoms with Crippen LogP contribution in [0.3, 0.4) is 0 Å². The average Bonchev–Trinajstić information content (AvgIpc) is 1.57. The van der Waals surface area contributed by atoms with Gasteiger partial charge in [-0.15, -0.1) is 0 Å². The van der Waals surface area contributed by atoms with Crippen LogP contribution in [0.5, 0.6) is 0 Å². The highest BCUT2D eigenvalue weighted by Crippen LogP contribution is 2.49. The van der Waals surface area contributed by atoms with E-state index in [-0.39, 0.29) is 0 Å². The predicted molar refractivity (Wildman–Crippen MR) is 553 cm³/mol.